The smallest absolute Gasteiger partial charge is 0.267 e. The minimum atomic E-state index is -1.65. The number of hydrogen-bond donors (Lipinski definition) is 1. The van der Waals surface area contributed by atoms with Gasteiger partial charge in [0.15, 0.2) is 0 Å². The van der Waals surface area contributed by atoms with Crippen LogP contribution in [0.3, 0.4) is 0 Å². The SMILES string of the molecule is C=NN(C(=C)/C=C(/Cl)N(C)OC)c1cccc(C#C[C@]2(O)CCN(C)C2=O)c1. The summed E-state index contributed by atoms with van der Waals surface area (Å²) in [6.45, 7) is 7.99. The number of amides is 1. The van der Waals surface area contributed by atoms with Crippen LogP contribution in [0.5, 0.6) is 0 Å². The lowest BCUT2D eigenvalue weighted by molar-refractivity contribution is -0.137. The van der Waals surface area contributed by atoms with Crippen molar-refractivity contribution < 1.29 is 14.7 Å². The van der Waals surface area contributed by atoms with Crippen LogP contribution in [0.25, 0.3) is 0 Å². The quantitative estimate of drug-likeness (QED) is 0.259. The van der Waals surface area contributed by atoms with Crippen molar-refractivity contribution in [2.75, 3.05) is 32.8 Å². The molecule has 0 bridgehead atoms. The van der Waals surface area contributed by atoms with Crippen LogP contribution < -0.4 is 5.01 Å². The molecule has 0 unspecified atom stereocenters. The van der Waals surface area contributed by atoms with Gasteiger partial charge in [-0.05, 0) is 18.2 Å². The Morgan fingerprint density at radius 1 is 1.54 bits per heavy atom. The molecule has 0 aliphatic carbocycles. The van der Waals surface area contributed by atoms with E-state index in [9.17, 15) is 9.90 Å². The van der Waals surface area contributed by atoms with E-state index >= 15 is 0 Å². The molecule has 0 saturated carbocycles. The van der Waals surface area contributed by atoms with Crippen LogP contribution in [0, 0.1) is 11.8 Å². The van der Waals surface area contributed by atoms with Crippen molar-refractivity contribution in [2.24, 2.45) is 5.10 Å². The zero-order valence-corrected chi connectivity index (χ0v) is 16.9. The van der Waals surface area contributed by atoms with Crippen molar-refractivity contribution >= 4 is 29.9 Å². The number of hydrazone groups is 1. The fourth-order valence-electron chi connectivity index (χ4n) is 2.58. The van der Waals surface area contributed by atoms with Gasteiger partial charge in [-0.2, -0.15) is 5.10 Å². The second-order valence-corrected chi connectivity index (χ2v) is 6.62. The molecule has 1 N–H and O–H groups in total. The van der Waals surface area contributed by atoms with Crippen molar-refractivity contribution in [3.8, 4) is 11.8 Å². The highest BCUT2D eigenvalue weighted by Crippen LogP contribution is 2.24. The summed E-state index contributed by atoms with van der Waals surface area (Å²) in [5, 5.41) is 17.6. The van der Waals surface area contributed by atoms with E-state index in [0.29, 0.717) is 28.6 Å². The molecule has 148 valence electrons. The number of allylic oxidation sites excluding steroid dienone is 1. The zero-order valence-electron chi connectivity index (χ0n) is 16.1. The second-order valence-electron chi connectivity index (χ2n) is 6.23. The highest BCUT2D eigenvalue weighted by Gasteiger charge is 2.42. The van der Waals surface area contributed by atoms with Gasteiger partial charge in [0.05, 0.1) is 18.5 Å². The molecule has 1 saturated heterocycles. The van der Waals surface area contributed by atoms with E-state index in [0.717, 1.165) is 0 Å². The Morgan fingerprint density at radius 3 is 2.82 bits per heavy atom. The monoisotopic (exact) mass is 402 g/mol. The Labute approximate surface area is 170 Å². The van der Waals surface area contributed by atoms with Crippen LogP contribution in [0.4, 0.5) is 5.69 Å². The first kappa shape index (κ1) is 21.5. The Bertz CT molecular complexity index is 874. The Balaban J connectivity index is 2.27. The predicted octanol–water partition coefficient (Wildman–Crippen LogP) is 2.14. The number of rotatable bonds is 6. The second kappa shape index (κ2) is 8.93. The minimum Gasteiger partial charge on any atom is -0.369 e. The predicted molar refractivity (Wildman–Crippen MR) is 110 cm³/mol. The fraction of sp³-hybridized carbons (Fsp3) is 0.300. The van der Waals surface area contributed by atoms with Gasteiger partial charge in [0, 0.05) is 45.4 Å². The van der Waals surface area contributed by atoms with Crippen molar-refractivity contribution in [3.05, 3.63) is 53.3 Å². The van der Waals surface area contributed by atoms with Crippen LogP contribution in [0.15, 0.2) is 52.9 Å². The number of likely N-dealkylation sites (tertiary alicyclic amines) is 1. The lowest BCUT2D eigenvalue weighted by Gasteiger charge is -2.21. The molecule has 1 aromatic carbocycles. The maximum absolute atomic E-state index is 12.0. The number of carbonyl (C=O) groups excluding carboxylic acids is 1. The van der Waals surface area contributed by atoms with Gasteiger partial charge in [-0.25, -0.2) is 10.1 Å². The Morgan fingerprint density at radius 2 is 2.25 bits per heavy atom. The first-order valence-electron chi connectivity index (χ1n) is 8.43. The molecule has 1 fully saturated rings. The largest absolute Gasteiger partial charge is 0.369 e. The number of aliphatic hydroxyl groups is 1. The number of hydrogen-bond acceptors (Lipinski definition) is 6. The van der Waals surface area contributed by atoms with Crippen LogP contribution in [0.1, 0.15) is 12.0 Å². The number of nitrogens with zero attached hydrogens (tertiary/aromatic N) is 4. The molecule has 8 heteroatoms. The van der Waals surface area contributed by atoms with Gasteiger partial charge in [-0.1, -0.05) is 36.1 Å². The van der Waals surface area contributed by atoms with Gasteiger partial charge in [0.2, 0.25) is 5.60 Å². The summed E-state index contributed by atoms with van der Waals surface area (Å²) >= 11 is 6.14. The number of hydroxylamine groups is 2. The molecule has 0 aromatic heterocycles. The van der Waals surface area contributed by atoms with E-state index in [1.54, 1.807) is 44.4 Å². The average molecular weight is 403 g/mol. The molecule has 1 atom stereocenters. The first-order valence-corrected chi connectivity index (χ1v) is 8.81. The Hall–Kier alpha value is -2.79. The van der Waals surface area contributed by atoms with Gasteiger partial charge in [0.1, 0.15) is 5.16 Å². The van der Waals surface area contributed by atoms with Gasteiger partial charge in [-0.3, -0.25) is 9.63 Å². The summed E-state index contributed by atoms with van der Waals surface area (Å²) in [5.41, 5.74) is 0.0691. The lowest BCUT2D eigenvalue weighted by Crippen LogP contribution is -2.37. The van der Waals surface area contributed by atoms with E-state index in [1.165, 1.54) is 22.1 Å². The molecular formula is C20H23ClN4O3. The van der Waals surface area contributed by atoms with E-state index in [1.807, 2.05) is 0 Å². The van der Waals surface area contributed by atoms with E-state index < -0.39 is 5.60 Å². The van der Waals surface area contributed by atoms with Gasteiger partial charge in [0.25, 0.3) is 5.91 Å². The number of halogens is 1. The summed E-state index contributed by atoms with van der Waals surface area (Å²) in [6, 6.07) is 7.11. The molecule has 2 rings (SSSR count). The number of carbonyl (C=O) groups is 1. The molecular weight excluding hydrogens is 380 g/mol. The molecule has 0 spiro atoms. The van der Waals surface area contributed by atoms with Gasteiger partial charge >= 0.3 is 0 Å². The molecule has 1 amide bonds. The van der Waals surface area contributed by atoms with Gasteiger partial charge < -0.3 is 10.0 Å². The maximum atomic E-state index is 12.0. The summed E-state index contributed by atoms with van der Waals surface area (Å²) in [4.78, 5) is 18.5. The molecule has 28 heavy (non-hydrogen) atoms. The van der Waals surface area contributed by atoms with Crippen LogP contribution >= 0.6 is 11.6 Å². The number of benzene rings is 1. The molecule has 1 aliphatic heterocycles. The van der Waals surface area contributed by atoms with Crippen LogP contribution in [-0.4, -0.2) is 61.0 Å². The summed E-state index contributed by atoms with van der Waals surface area (Å²) < 4.78 is 0. The summed E-state index contributed by atoms with van der Waals surface area (Å²) in [7, 11) is 4.79. The fourth-order valence-corrected chi connectivity index (χ4v) is 2.77. The normalized spacial score (nSPS) is 19.1. The minimum absolute atomic E-state index is 0.280. The van der Waals surface area contributed by atoms with Gasteiger partial charge in [-0.15, -0.1) is 0 Å². The van der Waals surface area contributed by atoms with E-state index in [-0.39, 0.29) is 12.3 Å². The third kappa shape index (κ3) is 4.73. The lowest BCUT2D eigenvalue weighted by atomic mass is 10.0. The number of likely N-dealkylation sites (N-methyl/N-ethyl adjacent to an activating group) is 1. The Kier molecular flexibility index (Phi) is 6.86. The molecule has 1 aliphatic rings. The third-order valence-corrected chi connectivity index (χ3v) is 4.63. The van der Waals surface area contributed by atoms with Crippen molar-refractivity contribution in [1.82, 2.24) is 9.96 Å². The highest BCUT2D eigenvalue weighted by molar-refractivity contribution is 6.29. The first-order chi connectivity index (χ1) is 13.2. The topological polar surface area (TPSA) is 68.6 Å². The zero-order chi connectivity index (χ0) is 20.9. The summed E-state index contributed by atoms with van der Waals surface area (Å²) in [6.07, 6.45) is 1.86. The highest BCUT2D eigenvalue weighted by atomic mass is 35.5. The standard InChI is InChI=1S/C20H23ClN4O3/c1-15(13-18(21)24(4)28-5)25(22-2)17-8-6-7-16(14-17)9-10-20(27)11-12-23(3)19(20)26/h6-8,13-14,27H,1-2,11-12H2,3-5H3/b18-13-/t20-/m0/s1. The molecule has 1 aromatic rings. The number of anilines is 1. The molecule has 7 nitrogen and oxygen atoms in total. The van der Waals surface area contributed by atoms with E-state index in [2.05, 4.69) is 30.2 Å². The third-order valence-electron chi connectivity index (χ3n) is 4.29. The molecule has 0 radical (unpaired) electrons. The van der Waals surface area contributed by atoms with E-state index in [4.69, 9.17) is 16.4 Å². The maximum Gasteiger partial charge on any atom is 0.267 e. The van der Waals surface area contributed by atoms with Crippen molar-refractivity contribution in [2.45, 2.75) is 12.0 Å². The molecule has 1 heterocycles. The summed E-state index contributed by atoms with van der Waals surface area (Å²) in [5.74, 6) is 5.17. The van der Waals surface area contributed by atoms with Crippen LogP contribution in [0.2, 0.25) is 0 Å². The van der Waals surface area contributed by atoms with Crippen molar-refractivity contribution in [3.63, 3.8) is 0 Å². The van der Waals surface area contributed by atoms with Crippen molar-refractivity contribution in [1.29, 1.82) is 0 Å². The average Bonchev–Trinajstić information content (AvgIpc) is 2.94. The van der Waals surface area contributed by atoms with Crippen LogP contribution in [-0.2, 0) is 9.63 Å².